The maximum atomic E-state index is 12.1. The van der Waals surface area contributed by atoms with Gasteiger partial charge in [-0.3, -0.25) is 4.99 Å². The summed E-state index contributed by atoms with van der Waals surface area (Å²) in [6.07, 6.45) is -4.12. The van der Waals surface area contributed by atoms with E-state index in [0.717, 1.165) is 18.7 Å². The number of hydrogen-bond acceptors (Lipinski definition) is 1. The van der Waals surface area contributed by atoms with Crippen LogP contribution in [0.5, 0.6) is 0 Å². The number of rotatable bonds is 2. The SMILES string of the molecule is CN=C(NCCC(F)(F)F)N1CCc2ccccc21.I. The van der Waals surface area contributed by atoms with Crippen molar-refractivity contribution >= 4 is 35.6 Å². The third kappa shape index (κ3) is 4.26. The molecule has 7 heteroatoms. The zero-order valence-corrected chi connectivity index (χ0v) is 13.4. The lowest BCUT2D eigenvalue weighted by atomic mass is 10.2. The minimum absolute atomic E-state index is 0. The highest BCUT2D eigenvalue weighted by Gasteiger charge is 2.27. The van der Waals surface area contributed by atoms with E-state index < -0.39 is 12.6 Å². The van der Waals surface area contributed by atoms with Gasteiger partial charge in [0, 0.05) is 25.8 Å². The van der Waals surface area contributed by atoms with Gasteiger partial charge in [0.1, 0.15) is 0 Å². The number of aliphatic imine (C=N–C) groups is 1. The van der Waals surface area contributed by atoms with E-state index >= 15 is 0 Å². The first kappa shape index (κ1) is 17.1. The molecule has 0 unspecified atom stereocenters. The Morgan fingerprint density at radius 2 is 2.05 bits per heavy atom. The summed E-state index contributed by atoms with van der Waals surface area (Å²) in [6, 6.07) is 7.86. The number of alkyl halides is 3. The van der Waals surface area contributed by atoms with Gasteiger partial charge in [0.15, 0.2) is 5.96 Å². The molecule has 0 atom stereocenters. The van der Waals surface area contributed by atoms with Gasteiger partial charge in [0.2, 0.25) is 0 Å². The molecule has 1 aromatic carbocycles. The van der Waals surface area contributed by atoms with Gasteiger partial charge in [-0.05, 0) is 18.1 Å². The van der Waals surface area contributed by atoms with E-state index in [1.165, 1.54) is 5.56 Å². The summed E-state index contributed by atoms with van der Waals surface area (Å²) >= 11 is 0. The largest absolute Gasteiger partial charge is 0.390 e. The van der Waals surface area contributed by atoms with Crippen LogP contribution < -0.4 is 10.2 Å². The lowest BCUT2D eigenvalue weighted by Crippen LogP contribution is -2.41. The third-order valence-corrected chi connectivity index (χ3v) is 3.05. The first-order valence-corrected chi connectivity index (χ1v) is 6.14. The maximum Gasteiger partial charge on any atom is 0.390 e. The fraction of sp³-hybridized carbons (Fsp3) is 0.462. The number of anilines is 1. The van der Waals surface area contributed by atoms with Crippen molar-refractivity contribution in [3.05, 3.63) is 29.8 Å². The van der Waals surface area contributed by atoms with Gasteiger partial charge in [-0.15, -0.1) is 24.0 Å². The molecular formula is C13H17F3IN3. The summed E-state index contributed by atoms with van der Waals surface area (Å²) < 4.78 is 36.4. The first-order valence-electron chi connectivity index (χ1n) is 6.14. The van der Waals surface area contributed by atoms with Crippen LogP contribution in [0.3, 0.4) is 0 Å². The summed E-state index contributed by atoms with van der Waals surface area (Å²) in [6.45, 7) is 0.583. The summed E-state index contributed by atoms with van der Waals surface area (Å²) in [4.78, 5) is 5.97. The molecule has 1 heterocycles. The lowest BCUT2D eigenvalue weighted by molar-refractivity contribution is -0.132. The van der Waals surface area contributed by atoms with Crippen molar-refractivity contribution in [2.24, 2.45) is 4.99 Å². The molecule has 1 N–H and O–H groups in total. The monoisotopic (exact) mass is 399 g/mol. The molecule has 0 amide bonds. The molecule has 0 fully saturated rings. The van der Waals surface area contributed by atoms with E-state index in [9.17, 15) is 13.2 Å². The van der Waals surface area contributed by atoms with Crippen molar-refractivity contribution in [2.75, 3.05) is 25.0 Å². The molecule has 0 aromatic heterocycles. The number of hydrogen-bond donors (Lipinski definition) is 1. The summed E-state index contributed by atoms with van der Waals surface area (Å²) in [5.41, 5.74) is 2.21. The van der Waals surface area contributed by atoms with Crippen molar-refractivity contribution in [3.8, 4) is 0 Å². The Hall–Kier alpha value is -0.990. The van der Waals surface area contributed by atoms with Crippen LogP contribution in [-0.4, -0.2) is 32.3 Å². The van der Waals surface area contributed by atoms with E-state index in [1.54, 1.807) is 7.05 Å². The Balaban J connectivity index is 0.00000200. The predicted molar refractivity (Wildman–Crippen MR) is 84.9 cm³/mol. The number of nitrogens with zero attached hydrogens (tertiary/aromatic N) is 2. The van der Waals surface area contributed by atoms with Gasteiger partial charge in [0.25, 0.3) is 0 Å². The summed E-state index contributed by atoms with van der Waals surface area (Å²) in [5, 5.41) is 2.76. The molecule has 3 nitrogen and oxygen atoms in total. The van der Waals surface area contributed by atoms with Crippen LogP contribution >= 0.6 is 24.0 Å². The molecule has 1 aromatic rings. The predicted octanol–water partition coefficient (Wildman–Crippen LogP) is 3.19. The van der Waals surface area contributed by atoms with E-state index in [0.29, 0.717) is 5.96 Å². The molecule has 0 aliphatic carbocycles. The van der Waals surface area contributed by atoms with Gasteiger partial charge in [0.05, 0.1) is 6.42 Å². The van der Waals surface area contributed by atoms with Crippen LogP contribution in [0.2, 0.25) is 0 Å². The molecule has 112 valence electrons. The van der Waals surface area contributed by atoms with Crippen molar-refractivity contribution in [2.45, 2.75) is 19.0 Å². The van der Waals surface area contributed by atoms with Crippen LogP contribution in [0.25, 0.3) is 0 Å². The molecule has 0 saturated heterocycles. The second-order valence-electron chi connectivity index (χ2n) is 4.37. The highest BCUT2D eigenvalue weighted by atomic mass is 127. The number of nitrogens with one attached hydrogen (secondary N) is 1. The fourth-order valence-corrected chi connectivity index (χ4v) is 2.17. The fourth-order valence-electron chi connectivity index (χ4n) is 2.17. The standard InChI is InChI=1S/C13H16F3N3.HI/c1-17-12(18-8-7-13(14,15)16)19-9-6-10-4-2-3-5-11(10)19;/h2-5H,6-9H2,1H3,(H,17,18);1H. The van der Waals surface area contributed by atoms with Crippen molar-refractivity contribution in [3.63, 3.8) is 0 Å². The van der Waals surface area contributed by atoms with Gasteiger partial charge < -0.3 is 10.2 Å². The van der Waals surface area contributed by atoms with Crippen molar-refractivity contribution in [1.29, 1.82) is 0 Å². The average molecular weight is 399 g/mol. The second-order valence-corrected chi connectivity index (χ2v) is 4.37. The molecule has 1 aliphatic heterocycles. The molecule has 0 saturated carbocycles. The van der Waals surface area contributed by atoms with E-state index in [1.807, 2.05) is 29.2 Å². The van der Waals surface area contributed by atoms with Gasteiger partial charge in [-0.2, -0.15) is 13.2 Å². The summed E-state index contributed by atoms with van der Waals surface area (Å²) in [5.74, 6) is 0.495. The zero-order chi connectivity index (χ0) is 13.9. The smallest absolute Gasteiger partial charge is 0.356 e. The third-order valence-electron chi connectivity index (χ3n) is 3.05. The highest BCUT2D eigenvalue weighted by Crippen LogP contribution is 2.27. The Bertz CT molecular complexity index is 474. The van der Waals surface area contributed by atoms with Crippen molar-refractivity contribution < 1.29 is 13.2 Å². The lowest BCUT2D eigenvalue weighted by Gasteiger charge is -2.22. The number of guanidine groups is 1. The zero-order valence-electron chi connectivity index (χ0n) is 11.1. The first-order chi connectivity index (χ1) is 9.01. The molecule has 0 bridgehead atoms. The van der Waals surface area contributed by atoms with Crippen LogP contribution in [-0.2, 0) is 6.42 Å². The maximum absolute atomic E-state index is 12.1. The Labute approximate surface area is 133 Å². The Morgan fingerprint density at radius 3 is 2.70 bits per heavy atom. The molecular weight excluding hydrogens is 382 g/mol. The number of benzene rings is 1. The Kier molecular flexibility index (Phi) is 6.09. The average Bonchev–Trinajstić information content (AvgIpc) is 2.77. The van der Waals surface area contributed by atoms with E-state index in [2.05, 4.69) is 10.3 Å². The quantitative estimate of drug-likeness (QED) is 0.470. The molecule has 0 spiro atoms. The van der Waals surface area contributed by atoms with E-state index in [4.69, 9.17) is 0 Å². The second kappa shape index (κ2) is 7.14. The normalized spacial score (nSPS) is 14.8. The number of para-hydroxylation sites is 1. The van der Waals surface area contributed by atoms with E-state index in [-0.39, 0.29) is 30.5 Å². The van der Waals surface area contributed by atoms with Crippen molar-refractivity contribution in [1.82, 2.24) is 5.32 Å². The number of fused-ring (bicyclic) bond motifs is 1. The molecule has 0 radical (unpaired) electrons. The Morgan fingerprint density at radius 1 is 1.35 bits per heavy atom. The van der Waals surface area contributed by atoms with Gasteiger partial charge >= 0.3 is 6.18 Å². The minimum atomic E-state index is -4.14. The summed E-state index contributed by atoms with van der Waals surface area (Å²) in [7, 11) is 1.58. The van der Waals surface area contributed by atoms with Crippen LogP contribution in [0.1, 0.15) is 12.0 Å². The van der Waals surface area contributed by atoms with Gasteiger partial charge in [-0.1, -0.05) is 18.2 Å². The molecule has 2 rings (SSSR count). The van der Waals surface area contributed by atoms with Crippen LogP contribution in [0, 0.1) is 0 Å². The highest BCUT2D eigenvalue weighted by molar-refractivity contribution is 14.0. The van der Waals surface area contributed by atoms with Gasteiger partial charge in [-0.25, -0.2) is 0 Å². The van der Waals surface area contributed by atoms with Crippen LogP contribution in [0.15, 0.2) is 29.3 Å². The number of halogens is 4. The van der Waals surface area contributed by atoms with Crippen LogP contribution in [0.4, 0.5) is 18.9 Å². The topological polar surface area (TPSA) is 27.6 Å². The molecule has 1 aliphatic rings. The molecule has 20 heavy (non-hydrogen) atoms. The minimum Gasteiger partial charge on any atom is -0.356 e.